The summed E-state index contributed by atoms with van der Waals surface area (Å²) in [7, 11) is 0. The van der Waals surface area contributed by atoms with Crippen molar-refractivity contribution in [1.82, 2.24) is 4.57 Å². The van der Waals surface area contributed by atoms with Crippen molar-refractivity contribution in [2.75, 3.05) is 0 Å². The maximum Gasteiger partial charge on any atom is 0.326 e. The summed E-state index contributed by atoms with van der Waals surface area (Å²) in [5, 5.41) is 9.13. The Labute approximate surface area is 88.5 Å². The topological polar surface area (TPSA) is 59.3 Å². The van der Waals surface area contributed by atoms with Gasteiger partial charge in [0.15, 0.2) is 6.29 Å². The van der Waals surface area contributed by atoms with Gasteiger partial charge in [-0.15, -0.1) is 0 Å². The first kappa shape index (κ1) is 11.5. The van der Waals surface area contributed by atoms with Gasteiger partial charge in [-0.25, -0.2) is 4.79 Å². The quantitative estimate of drug-likeness (QED) is 0.754. The molecule has 0 radical (unpaired) electrons. The van der Waals surface area contributed by atoms with Crippen LogP contribution in [0.25, 0.3) is 0 Å². The summed E-state index contributed by atoms with van der Waals surface area (Å²) in [5.74, 6) is -0.905. The molecule has 0 aliphatic carbocycles. The van der Waals surface area contributed by atoms with Crippen LogP contribution in [0, 0.1) is 5.92 Å². The highest BCUT2D eigenvalue weighted by atomic mass is 16.4. The number of aliphatic carboxylic acids is 1. The number of aldehydes is 1. The lowest BCUT2D eigenvalue weighted by molar-refractivity contribution is -0.142. The fourth-order valence-corrected chi connectivity index (χ4v) is 1.62. The second-order valence-electron chi connectivity index (χ2n) is 3.63. The molecule has 1 heterocycles. The first-order valence-corrected chi connectivity index (χ1v) is 4.96. The van der Waals surface area contributed by atoms with E-state index in [-0.39, 0.29) is 5.92 Å². The van der Waals surface area contributed by atoms with Gasteiger partial charge in [0, 0.05) is 6.20 Å². The molecule has 0 bridgehead atoms. The Morgan fingerprint density at radius 2 is 2.33 bits per heavy atom. The third-order valence-electron chi connectivity index (χ3n) is 2.67. The predicted molar refractivity (Wildman–Crippen MR) is 55.9 cm³/mol. The molecule has 0 spiro atoms. The highest BCUT2D eigenvalue weighted by Crippen LogP contribution is 2.23. The number of hydrogen-bond donors (Lipinski definition) is 1. The van der Waals surface area contributed by atoms with Crippen molar-refractivity contribution >= 4 is 12.3 Å². The third kappa shape index (κ3) is 2.26. The first-order valence-electron chi connectivity index (χ1n) is 4.96. The second kappa shape index (κ2) is 4.77. The van der Waals surface area contributed by atoms with E-state index in [0.717, 1.165) is 6.42 Å². The first-order chi connectivity index (χ1) is 7.11. The highest BCUT2D eigenvalue weighted by Gasteiger charge is 2.26. The Bertz CT molecular complexity index is 356. The summed E-state index contributed by atoms with van der Waals surface area (Å²) < 4.78 is 1.52. The van der Waals surface area contributed by atoms with Crippen LogP contribution in [0.1, 0.15) is 36.8 Å². The van der Waals surface area contributed by atoms with Gasteiger partial charge in [0.05, 0.1) is 5.69 Å². The zero-order valence-electron chi connectivity index (χ0n) is 8.88. The van der Waals surface area contributed by atoms with Crippen LogP contribution in [0.5, 0.6) is 0 Å². The number of aromatic nitrogens is 1. The lowest BCUT2D eigenvalue weighted by Gasteiger charge is -2.21. The number of carbonyl (C=O) groups excluding carboxylic acids is 1. The van der Waals surface area contributed by atoms with Crippen molar-refractivity contribution in [3.63, 3.8) is 0 Å². The number of rotatable bonds is 5. The summed E-state index contributed by atoms with van der Waals surface area (Å²) in [6, 6.07) is 2.64. The van der Waals surface area contributed by atoms with E-state index >= 15 is 0 Å². The van der Waals surface area contributed by atoms with Gasteiger partial charge in [-0.3, -0.25) is 4.79 Å². The van der Waals surface area contributed by atoms with Gasteiger partial charge in [0.25, 0.3) is 0 Å². The smallest absolute Gasteiger partial charge is 0.326 e. The minimum absolute atomic E-state index is 0.00593. The van der Waals surface area contributed by atoms with Gasteiger partial charge >= 0.3 is 5.97 Å². The Morgan fingerprint density at radius 1 is 1.67 bits per heavy atom. The number of nitrogens with zero attached hydrogens (tertiary/aromatic N) is 1. The number of carboxylic acids is 1. The molecule has 1 N–H and O–H groups in total. The van der Waals surface area contributed by atoms with E-state index in [9.17, 15) is 9.59 Å². The Hall–Kier alpha value is -1.58. The van der Waals surface area contributed by atoms with Crippen LogP contribution in [0.2, 0.25) is 0 Å². The van der Waals surface area contributed by atoms with Gasteiger partial charge in [0.2, 0.25) is 0 Å². The SMILES string of the molecule is CC[C@H](C)[C@H](C(=O)O)n1cccc1C=O. The zero-order chi connectivity index (χ0) is 11.4. The molecule has 0 fully saturated rings. The molecule has 4 nitrogen and oxygen atoms in total. The van der Waals surface area contributed by atoms with Crippen molar-refractivity contribution in [2.24, 2.45) is 5.92 Å². The number of carboxylic acid groups (broad SMARTS) is 1. The molecule has 0 aliphatic heterocycles. The van der Waals surface area contributed by atoms with Gasteiger partial charge < -0.3 is 9.67 Å². The largest absolute Gasteiger partial charge is 0.480 e. The van der Waals surface area contributed by atoms with Crippen molar-refractivity contribution in [3.8, 4) is 0 Å². The summed E-state index contributed by atoms with van der Waals surface area (Å²) in [4.78, 5) is 21.8. The summed E-state index contributed by atoms with van der Waals surface area (Å²) in [6.07, 6.45) is 3.07. The normalized spacial score (nSPS) is 14.5. The molecule has 0 amide bonds. The summed E-state index contributed by atoms with van der Waals surface area (Å²) in [6.45, 7) is 3.80. The number of carbonyl (C=O) groups is 2. The van der Waals surface area contributed by atoms with Crippen LogP contribution in [-0.4, -0.2) is 21.9 Å². The van der Waals surface area contributed by atoms with Gasteiger partial charge in [-0.1, -0.05) is 20.3 Å². The molecule has 0 aromatic carbocycles. The molecular formula is C11H15NO3. The third-order valence-corrected chi connectivity index (χ3v) is 2.67. The summed E-state index contributed by atoms with van der Waals surface area (Å²) >= 11 is 0. The Kier molecular flexibility index (Phi) is 3.66. The van der Waals surface area contributed by atoms with E-state index in [1.807, 2.05) is 13.8 Å². The molecule has 0 unspecified atom stereocenters. The highest BCUT2D eigenvalue weighted by molar-refractivity contribution is 5.77. The van der Waals surface area contributed by atoms with E-state index < -0.39 is 12.0 Å². The van der Waals surface area contributed by atoms with Crippen LogP contribution in [-0.2, 0) is 4.79 Å². The van der Waals surface area contributed by atoms with Crippen LogP contribution in [0.15, 0.2) is 18.3 Å². The average Bonchev–Trinajstić information content (AvgIpc) is 2.65. The maximum atomic E-state index is 11.1. The molecule has 2 atom stereocenters. The molecule has 1 rings (SSSR count). The molecule has 0 saturated heterocycles. The van der Waals surface area contributed by atoms with Crippen LogP contribution < -0.4 is 0 Å². The van der Waals surface area contributed by atoms with Crippen molar-refractivity contribution in [2.45, 2.75) is 26.3 Å². The van der Waals surface area contributed by atoms with Crippen LogP contribution >= 0.6 is 0 Å². The van der Waals surface area contributed by atoms with Crippen molar-refractivity contribution < 1.29 is 14.7 Å². The lowest BCUT2D eigenvalue weighted by Crippen LogP contribution is -2.26. The van der Waals surface area contributed by atoms with E-state index in [0.29, 0.717) is 12.0 Å². The van der Waals surface area contributed by atoms with E-state index in [4.69, 9.17) is 5.11 Å². The average molecular weight is 209 g/mol. The molecule has 15 heavy (non-hydrogen) atoms. The lowest BCUT2D eigenvalue weighted by atomic mass is 9.99. The minimum Gasteiger partial charge on any atom is -0.480 e. The van der Waals surface area contributed by atoms with Crippen LogP contribution in [0.3, 0.4) is 0 Å². The Morgan fingerprint density at radius 3 is 2.80 bits per heavy atom. The molecule has 4 heteroatoms. The fourth-order valence-electron chi connectivity index (χ4n) is 1.62. The van der Waals surface area contributed by atoms with E-state index in [1.54, 1.807) is 18.3 Å². The van der Waals surface area contributed by atoms with Crippen LogP contribution in [0.4, 0.5) is 0 Å². The maximum absolute atomic E-state index is 11.1. The van der Waals surface area contributed by atoms with Crippen molar-refractivity contribution in [3.05, 3.63) is 24.0 Å². The van der Waals surface area contributed by atoms with Gasteiger partial charge in [-0.05, 0) is 18.1 Å². The number of hydrogen-bond acceptors (Lipinski definition) is 2. The molecule has 0 aliphatic rings. The molecule has 0 saturated carbocycles. The standard InChI is InChI=1S/C11H15NO3/c1-3-8(2)10(11(14)15)12-6-4-5-9(12)7-13/h4-8,10H,3H2,1-2H3,(H,14,15)/t8-,10+/m0/s1. The van der Waals surface area contributed by atoms with Gasteiger partial charge in [-0.2, -0.15) is 0 Å². The fraction of sp³-hybridized carbons (Fsp3) is 0.455. The Balaban J connectivity index is 3.09. The minimum atomic E-state index is -0.899. The van der Waals surface area contributed by atoms with Gasteiger partial charge in [0.1, 0.15) is 6.04 Å². The van der Waals surface area contributed by atoms with Crippen molar-refractivity contribution in [1.29, 1.82) is 0 Å². The van der Waals surface area contributed by atoms with E-state index in [1.165, 1.54) is 4.57 Å². The summed E-state index contributed by atoms with van der Waals surface area (Å²) in [5.41, 5.74) is 0.405. The molecule has 1 aromatic rings. The zero-order valence-corrected chi connectivity index (χ0v) is 8.88. The molecule has 1 aromatic heterocycles. The predicted octanol–water partition coefficient (Wildman–Crippen LogP) is 1.97. The molecular weight excluding hydrogens is 194 g/mol. The molecule has 82 valence electrons. The van der Waals surface area contributed by atoms with E-state index in [2.05, 4.69) is 0 Å². The monoisotopic (exact) mass is 209 g/mol. The second-order valence-corrected chi connectivity index (χ2v) is 3.63.